The minimum Gasteiger partial charge on any atom is -0.338 e. The van der Waals surface area contributed by atoms with Crippen LogP contribution in [0.1, 0.15) is 71.9 Å². The van der Waals surface area contributed by atoms with Crippen molar-refractivity contribution in [3.63, 3.8) is 0 Å². The van der Waals surface area contributed by atoms with E-state index in [0.29, 0.717) is 6.04 Å². The van der Waals surface area contributed by atoms with E-state index in [1.54, 1.807) is 0 Å². The lowest BCUT2D eigenvalue weighted by molar-refractivity contribution is 0.533. The van der Waals surface area contributed by atoms with Crippen LogP contribution in [0.5, 0.6) is 0 Å². The molecule has 0 aliphatic rings. The van der Waals surface area contributed by atoms with Crippen LogP contribution in [0.3, 0.4) is 0 Å². The highest BCUT2D eigenvalue weighted by atomic mass is 15.3. The van der Waals surface area contributed by atoms with Gasteiger partial charge in [-0.3, -0.25) is 0 Å². The molecule has 0 spiro atoms. The molecule has 3 heteroatoms. The number of hydrogen-bond donors (Lipinski definition) is 0. The van der Waals surface area contributed by atoms with Gasteiger partial charge in [0.2, 0.25) is 5.95 Å². The van der Waals surface area contributed by atoms with Gasteiger partial charge >= 0.3 is 0 Å². The lowest BCUT2D eigenvalue weighted by Crippen LogP contribution is -2.36. The van der Waals surface area contributed by atoms with Gasteiger partial charge in [-0.05, 0) is 38.2 Å². The molecule has 0 fully saturated rings. The predicted molar refractivity (Wildman–Crippen MR) is 87.3 cm³/mol. The van der Waals surface area contributed by atoms with Crippen molar-refractivity contribution in [2.75, 3.05) is 11.4 Å². The number of anilines is 1. The predicted octanol–water partition coefficient (Wildman–Crippen LogP) is 4.61. The maximum Gasteiger partial charge on any atom is 0.225 e. The number of unbranched alkanes of at least 4 members (excludes halogenated alkanes) is 2. The van der Waals surface area contributed by atoms with Crippen LogP contribution < -0.4 is 4.90 Å². The second-order valence-electron chi connectivity index (χ2n) is 5.47. The Kier molecular flexibility index (Phi) is 8.24. The van der Waals surface area contributed by atoms with Gasteiger partial charge in [0.25, 0.3) is 0 Å². The molecule has 0 unspecified atom stereocenters. The first-order chi connectivity index (χ1) is 9.76. The fraction of sp³-hybridized carbons (Fsp3) is 0.765. The van der Waals surface area contributed by atoms with Crippen LogP contribution >= 0.6 is 0 Å². The van der Waals surface area contributed by atoms with Crippen molar-refractivity contribution in [3.8, 4) is 0 Å². The van der Waals surface area contributed by atoms with E-state index in [0.717, 1.165) is 31.8 Å². The fourth-order valence-electron chi connectivity index (χ4n) is 2.52. The molecule has 0 N–H and O–H groups in total. The summed E-state index contributed by atoms with van der Waals surface area (Å²) in [6.45, 7) is 10.0. The summed E-state index contributed by atoms with van der Waals surface area (Å²) in [6.07, 6.45) is 10.1. The van der Waals surface area contributed by atoms with Crippen LogP contribution in [0.15, 0.2) is 12.3 Å². The zero-order chi connectivity index (χ0) is 14.8. The maximum absolute atomic E-state index is 4.80. The van der Waals surface area contributed by atoms with E-state index < -0.39 is 0 Å². The third kappa shape index (κ3) is 5.10. The molecule has 1 heterocycles. The van der Waals surface area contributed by atoms with Gasteiger partial charge in [-0.25, -0.2) is 9.97 Å². The molecule has 1 rings (SSSR count). The summed E-state index contributed by atoms with van der Waals surface area (Å²) in [4.78, 5) is 11.7. The Morgan fingerprint density at radius 3 is 2.35 bits per heavy atom. The zero-order valence-corrected chi connectivity index (χ0v) is 13.7. The Morgan fingerprint density at radius 1 is 1.05 bits per heavy atom. The molecule has 0 bridgehead atoms. The number of nitrogens with zero attached hydrogens (tertiary/aromatic N) is 3. The summed E-state index contributed by atoms with van der Waals surface area (Å²) < 4.78 is 0. The van der Waals surface area contributed by atoms with Crippen LogP contribution in [-0.4, -0.2) is 22.6 Å². The summed E-state index contributed by atoms with van der Waals surface area (Å²) in [6, 6.07) is 2.62. The molecular weight excluding hydrogens is 246 g/mol. The molecule has 0 saturated carbocycles. The maximum atomic E-state index is 4.80. The van der Waals surface area contributed by atoms with Gasteiger partial charge < -0.3 is 4.90 Å². The van der Waals surface area contributed by atoms with Crippen LogP contribution in [0.25, 0.3) is 0 Å². The standard InChI is InChI=1S/C17H31N3/c1-5-9-11-15-12-13-18-17(19-15)20(14-10-6-2)16(7-3)8-4/h12-13,16H,5-11,14H2,1-4H3. The molecular formula is C17H31N3. The van der Waals surface area contributed by atoms with Crippen LogP contribution in [0.4, 0.5) is 5.95 Å². The van der Waals surface area contributed by atoms with Crippen molar-refractivity contribution in [2.24, 2.45) is 0 Å². The molecule has 20 heavy (non-hydrogen) atoms. The van der Waals surface area contributed by atoms with E-state index in [1.807, 2.05) is 6.20 Å². The van der Waals surface area contributed by atoms with Crippen molar-refractivity contribution in [3.05, 3.63) is 18.0 Å². The van der Waals surface area contributed by atoms with E-state index in [4.69, 9.17) is 4.98 Å². The summed E-state index contributed by atoms with van der Waals surface area (Å²) in [5, 5.41) is 0. The van der Waals surface area contributed by atoms with Crippen molar-refractivity contribution in [1.29, 1.82) is 0 Å². The molecule has 0 atom stereocenters. The Morgan fingerprint density at radius 2 is 1.75 bits per heavy atom. The number of aryl methyl sites for hydroxylation is 1. The number of rotatable bonds is 10. The molecule has 0 radical (unpaired) electrons. The number of hydrogen-bond acceptors (Lipinski definition) is 3. The normalized spacial score (nSPS) is 11.1. The molecule has 3 nitrogen and oxygen atoms in total. The second-order valence-corrected chi connectivity index (χ2v) is 5.47. The quantitative estimate of drug-likeness (QED) is 0.625. The van der Waals surface area contributed by atoms with Gasteiger partial charge in [-0.1, -0.05) is 40.5 Å². The summed E-state index contributed by atoms with van der Waals surface area (Å²) >= 11 is 0. The molecule has 0 saturated heterocycles. The molecule has 114 valence electrons. The van der Waals surface area contributed by atoms with E-state index >= 15 is 0 Å². The minimum atomic E-state index is 0.558. The molecule has 1 aromatic rings. The Balaban J connectivity index is 2.87. The van der Waals surface area contributed by atoms with E-state index in [9.17, 15) is 0 Å². The van der Waals surface area contributed by atoms with Gasteiger partial charge in [0.05, 0.1) is 0 Å². The minimum absolute atomic E-state index is 0.558. The first kappa shape index (κ1) is 16.9. The topological polar surface area (TPSA) is 29.0 Å². The van der Waals surface area contributed by atoms with Gasteiger partial charge in [0.15, 0.2) is 0 Å². The molecule has 0 aromatic carbocycles. The SMILES string of the molecule is CCCCc1ccnc(N(CCCC)C(CC)CC)n1. The first-order valence-corrected chi connectivity index (χ1v) is 8.35. The molecule has 0 aliphatic carbocycles. The van der Waals surface area contributed by atoms with Crippen LogP contribution in [0.2, 0.25) is 0 Å². The average Bonchev–Trinajstić information content (AvgIpc) is 2.49. The average molecular weight is 277 g/mol. The van der Waals surface area contributed by atoms with E-state index in [2.05, 4.69) is 43.6 Å². The van der Waals surface area contributed by atoms with Crippen molar-refractivity contribution < 1.29 is 0 Å². The Labute approximate surface area is 124 Å². The highest BCUT2D eigenvalue weighted by Crippen LogP contribution is 2.18. The van der Waals surface area contributed by atoms with Gasteiger partial charge in [0, 0.05) is 24.5 Å². The highest BCUT2D eigenvalue weighted by molar-refractivity contribution is 5.32. The molecule has 0 amide bonds. The second kappa shape index (κ2) is 9.73. The molecule has 0 aliphatic heterocycles. The largest absolute Gasteiger partial charge is 0.338 e. The monoisotopic (exact) mass is 277 g/mol. The summed E-state index contributed by atoms with van der Waals surface area (Å²) in [5.41, 5.74) is 1.18. The summed E-state index contributed by atoms with van der Waals surface area (Å²) in [7, 11) is 0. The smallest absolute Gasteiger partial charge is 0.225 e. The van der Waals surface area contributed by atoms with Crippen molar-refractivity contribution in [2.45, 2.75) is 78.7 Å². The zero-order valence-electron chi connectivity index (χ0n) is 13.7. The van der Waals surface area contributed by atoms with Crippen molar-refractivity contribution in [1.82, 2.24) is 9.97 Å². The van der Waals surface area contributed by atoms with Crippen LogP contribution in [0, 0.1) is 0 Å². The highest BCUT2D eigenvalue weighted by Gasteiger charge is 2.17. The Bertz CT molecular complexity index is 361. The van der Waals surface area contributed by atoms with Gasteiger partial charge in [-0.2, -0.15) is 0 Å². The number of aromatic nitrogens is 2. The van der Waals surface area contributed by atoms with E-state index in [-0.39, 0.29) is 0 Å². The first-order valence-electron chi connectivity index (χ1n) is 8.35. The van der Waals surface area contributed by atoms with E-state index in [1.165, 1.54) is 31.4 Å². The molecule has 1 aromatic heterocycles. The van der Waals surface area contributed by atoms with Gasteiger partial charge in [-0.15, -0.1) is 0 Å². The third-order valence-corrected chi connectivity index (χ3v) is 3.88. The van der Waals surface area contributed by atoms with Crippen molar-refractivity contribution >= 4 is 5.95 Å². The Hall–Kier alpha value is -1.12. The lowest BCUT2D eigenvalue weighted by Gasteiger charge is -2.30. The van der Waals surface area contributed by atoms with Crippen LogP contribution in [-0.2, 0) is 6.42 Å². The summed E-state index contributed by atoms with van der Waals surface area (Å²) in [5.74, 6) is 0.931. The third-order valence-electron chi connectivity index (χ3n) is 3.88. The van der Waals surface area contributed by atoms with Gasteiger partial charge in [0.1, 0.15) is 0 Å². The fourth-order valence-corrected chi connectivity index (χ4v) is 2.52. The lowest BCUT2D eigenvalue weighted by atomic mass is 10.1.